The summed E-state index contributed by atoms with van der Waals surface area (Å²) >= 11 is 0. The number of fused-ring (bicyclic) bond motifs is 1. The Hall–Kier alpha value is -3.59. The van der Waals surface area contributed by atoms with Crippen LogP contribution in [-0.4, -0.2) is 23.1 Å². The SMILES string of the molecule is N#Cc1nc(C2CC2c2ccccc2)oc1N1CCC(c2nc3ccccc3o2)CC1. The van der Waals surface area contributed by atoms with E-state index in [9.17, 15) is 5.26 Å². The van der Waals surface area contributed by atoms with Crippen LogP contribution in [0.2, 0.25) is 0 Å². The van der Waals surface area contributed by atoms with E-state index in [-0.39, 0.29) is 11.8 Å². The molecule has 1 aliphatic carbocycles. The molecule has 6 rings (SSSR count). The maximum absolute atomic E-state index is 9.63. The molecule has 4 aromatic rings. The van der Waals surface area contributed by atoms with E-state index in [2.05, 4.69) is 45.2 Å². The number of oxazole rings is 2. The van der Waals surface area contributed by atoms with Gasteiger partial charge in [0.15, 0.2) is 11.5 Å². The van der Waals surface area contributed by atoms with E-state index in [0.29, 0.717) is 23.4 Å². The van der Waals surface area contributed by atoms with Crippen LogP contribution in [0.3, 0.4) is 0 Å². The molecule has 1 saturated carbocycles. The van der Waals surface area contributed by atoms with Gasteiger partial charge in [-0.05, 0) is 42.9 Å². The maximum atomic E-state index is 9.63. The third-order valence-electron chi connectivity index (χ3n) is 6.51. The highest BCUT2D eigenvalue weighted by molar-refractivity contribution is 5.72. The molecule has 0 amide bonds. The molecule has 6 heteroatoms. The molecule has 2 unspecified atom stereocenters. The third kappa shape index (κ3) is 3.27. The molecule has 154 valence electrons. The average molecular weight is 410 g/mol. The number of nitrogens with zero attached hydrogens (tertiary/aromatic N) is 4. The van der Waals surface area contributed by atoms with E-state index in [0.717, 1.165) is 49.3 Å². The lowest BCUT2D eigenvalue weighted by atomic mass is 9.97. The van der Waals surface area contributed by atoms with Crippen LogP contribution in [0.5, 0.6) is 0 Å². The zero-order valence-corrected chi connectivity index (χ0v) is 17.1. The summed E-state index contributed by atoms with van der Waals surface area (Å²) in [6.07, 6.45) is 2.84. The first kappa shape index (κ1) is 18.2. The van der Waals surface area contributed by atoms with E-state index in [1.54, 1.807) is 0 Å². The smallest absolute Gasteiger partial charge is 0.234 e. The molecule has 3 heterocycles. The molecular weight excluding hydrogens is 388 g/mol. The number of anilines is 1. The highest BCUT2D eigenvalue weighted by atomic mass is 16.4. The lowest BCUT2D eigenvalue weighted by Gasteiger charge is -2.30. The summed E-state index contributed by atoms with van der Waals surface area (Å²) in [7, 11) is 0. The minimum Gasteiger partial charge on any atom is -0.440 e. The standard InChI is InChI=1S/C25H22N4O2/c26-15-21-25(31-24(28-21)19-14-18(19)16-6-2-1-3-7-16)29-12-10-17(11-13-29)23-27-20-8-4-5-9-22(20)30-23/h1-9,17-19H,10-14H2. The van der Waals surface area contributed by atoms with Gasteiger partial charge in [0.25, 0.3) is 0 Å². The van der Waals surface area contributed by atoms with Crippen molar-refractivity contribution in [2.24, 2.45) is 0 Å². The van der Waals surface area contributed by atoms with Crippen LogP contribution in [0.25, 0.3) is 11.1 Å². The molecule has 1 aliphatic heterocycles. The van der Waals surface area contributed by atoms with Gasteiger partial charge in [-0.15, -0.1) is 0 Å². The number of hydrogen-bond acceptors (Lipinski definition) is 6. The summed E-state index contributed by atoms with van der Waals surface area (Å²) in [5.41, 5.74) is 3.45. The van der Waals surface area contributed by atoms with Crippen LogP contribution in [0, 0.1) is 11.3 Å². The maximum Gasteiger partial charge on any atom is 0.234 e. The molecule has 2 aromatic carbocycles. The van der Waals surface area contributed by atoms with Crippen molar-refractivity contribution in [1.82, 2.24) is 9.97 Å². The normalized spacial score (nSPS) is 21.3. The third-order valence-corrected chi connectivity index (χ3v) is 6.51. The fourth-order valence-corrected chi connectivity index (χ4v) is 4.70. The van der Waals surface area contributed by atoms with Gasteiger partial charge in [0.05, 0.1) is 0 Å². The first-order valence-electron chi connectivity index (χ1n) is 10.9. The summed E-state index contributed by atoms with van der Waals surface area (Å²) in [4.78, 5) is 11.4. The quantitative estimate of drug-likeness (QED) is 0.452. The van der Waals surface area contributed by atoms with E-state index in [1.807, 2.05) is 30.3 Å². The molecule has 2 fully saturated rings. The zero-order valence-electron chi connectivity index (χ0n) is 17.1. The second kappa shape index (κ2) is 7.28. The summed E-state index contributed by atoms with van der Waals surface area (Å²) in [5, 5.41) is 9.63. The summed E-state index contributed by atoms with van der Waals surface area (Å²) < 4.78 is 12.1. The van der Waals surface area contributed by atoms with Crippen LogP contribution < -0.4 is 4.90 Å². The summed E-state index contributed by atoms with van der Waals surface area (Å²) in [6, 6.07) is 20.6. The van der Waals surface area contributed by atoms with E-state index >= 15 is 0 Å². The molecule has 1 saturated heterocycles. The van der Waals surface area contributed by atoms with Crippen molar-refractivity contribution in [2.45, 2.75) is 37.0 Å². The Labute approximate surface area is 180 Å². The largest absolute Gasteiger partial charge is 0.440 e. The van der Waals surface area contributed by atoms with Crippen molar-refractivity contribution in [3.8, 4) is 6.07 Å². The Morgan fingerprint density at radius 1 is 0.871 bits per heavy atom. The topological polar surface area (TPSA) is 79.1 Å². The number of benzene rings is 2. The predicted molar refractivity (Wildman–Crippen MR) is 116 cm³/mol. The molecule has 2 atom stereocenters. The molecule has 0 spiro atoms. The van der Waals surface area contributed by atoms with Gasteiger partial charge in [0, 0.05) is 24.9 Å². The minimum absolute atomic E-state index is 0.264. The Kier molecular flexibility index (Phi) is 4.27. The van der Waals surface area contributed by atoms with Gasteiger partial charge in [0.1, 0.15) is 11.6 Å². The van der Waals surface area contributed by atoms with Crippen molar-refractivity contribution in [2.75, 3.05) is 18.0 Å². The summed E-state index contributed by atoms with van der Waals surface area (Å²) in [5.74, 6) is 3.10. The first-order chi connectivity index (χ1) is 15.3. The Morgan fingerprint density at radius 2 is 1.65 bits per heavy atom. The van der Waals surface area contributed by atoms with Crippen LogP contribution in [0.15, 0.2) is 63.4 Å². The number of nitriles is 1. The van der Waals surface area contributed by atoms with Crippen molar-refractivity contribution in [3.05, 3.63) is 77.6 Å². The molecule has 2 aromatic heterocycles. The van der Waals surface area contributed by atoms with Gasteiger partial charge in [0.2, 0.25) is 17.5 Å². The molecule has 6 nitrogen and oxygen atoms in total. The minimum atomic E-state index is 0.264. The molecule has 2 aliphatic rings. The van der Waals surface area contributed by atoms with Gasteiger partial charge in [-0.1, -0.05) is 42.5 Å². The zero-order chi connectivity index (χ0) is 20.8. The fourth-order valence-electron chi connectivity index (χ4n) is 4.70. The number of piperidine rings is 1. The second-order valence-electron chi connectivity index (χ2n) is 8.46. The predicted octanol–water partition coefficient (Wildman–Crippen LogP) is 5.34. The lowest BCUT2D eigenvalue weighted by Crippen LogP contribution is -2.33. The van der Waals surface area contributed by atoms with Crippen molar-refractivity contribution < 1.29 is 8.83 Å². The van der Waals surface area contributed by atoms with Gasteiger partial charge >= 0.3 is 0 Å². The molecule has 31 heavy (non-hydrogen) atoms. The number of rotatable bonds is 4. The van der Waals surface area contributed by atoms with Gasteiger partial charge < -0.3 is 13.7 Å². The number of aromatic nitrogens is 2. The van der Waals surface area contributed by atoms with Crippen LogP contribution in [-0.2, 0) is 0 Å². The van der Waals surface area contributed by atoms with Crippen molar-refractivity contribution >= 4 is 17.0 Å². The Balaban J connectivity index is 1.17. The molecule has 0 N–H and O–H groups in total. The lowest BCUT2D eigenvalue weighted by molar-refractivity contribution is 0.392. The second-order valence-corrected chi connectivity index (χ2v) is 8.46. The van der Waals surface area contributed by atoms with E-state index in [4.69, 9.17) is 8.83 Å². The monoisotopic (exact) mass is 410 g/mol. The van der Waals surface area contributed by atoms with Crippen molar-refractivity contribution in [1.29, 1.82) is 5.26 Å². The molecule has 0 bridgehead atoms. The van der Waals surface area contributed by atoms with Gasteiger partial charge in [-0.2, -0.15) is 5.26 Å². The molecular formula is C25H22N4O2. The van der Waals surface area contributed by atoms with Crippen molar-refractivity contribution in [3.63, 3.8) is 0 Å². The Bertz CT molecular complexity index is 1230. The van der Waals surface area contributed by atoms with Gasteiger partial charge in [-0.25, -0.2) is 9.97 Å². The number of para-hydroxylation sites is 2. The number of hydrogen-bond donors (Lipinski definition) is 0. The van der Waals surface area contributed by atoms with E-state index < -0.39 is 0 Å². The average Bonchev–Trinajstić information content (AvgIpc) is 3.32. The highest BCUT2D eigenvalue weighted by Gasteiger charge is 2.44. The molecule has 0 radical (unpaired) electrons. The summed E-state index contributed by atoms with van der Waals surface area (Å²) in [6.45, 7) is 1.58. The van der Waals surface area contributed by atoms with E-state index in [1.165, 1.54) is 5.56 Å². The highest BCUT2D eigenvalue weighted by Crippen LogP contribution is 2.55. The fraction of sp³-hybridized carbons (Fsp3) is 0.320. The van der Waals surface area contributed by atoms with Gasteiger partial charge in [-0.3, -0.25) is 0 Å². The Morgan fingerprint density at radius 3 is 2.42 bits per heavy atom. The first-order valence-corrected chi connectivity index (χ1v) is 10.9. The van der Waals surface area contributed by atoms with Crippen LogP contribution >= 0.6 is 0 Å². The van der Waals surface area contributed by atoms with Crippen LogP contribution in [0.4, 0.5) is 5.88 Å². The van der Waals surface area contributed by atoms with Crippen LogP contribution in [0.1, 0.15) is 60.1 Å².